The van der Waals surface area contributed by atoms with Crippen LogP contribution in [0, 0.1) is 5.82 Å². The van der Waals surface area contributed by atoms with Crippen molar-refractivity contribution in [2.75, 3.05) is 10.6 Å². The van der Waals surface area contributed by atoms with Crippen molar-refractivity contribution in [3.8, 4) is 0 Å². The van der Waals surface area contributed by atoms with Crippen molar-refractivity contribution in [3.05, 3.63) is 59.4 Å². The molecule has 0 aliphatic heterocycles. The first-order chi connectivity index (χ1) is 12.3. The summed E-state index contributed by atoms with van der Waals surface area (Å²) in [5.41, 5.74) is 2.88. The van der Waals surface area contributed by atoms with Crippen LogP contribution in [0.4, 0.5) is 15.8 Å². The van der Waals surface area contributed by atoms with Crippen molar-refractivity contribution >= 4 is 23.2 Å². The zero-order valence-corrected chi connectivity index (χ0v) is 15.6. The van der Waals surface area contributed by atoms with Crippen LogP contribution in [-0.4, -0.2) is 11.8 Å². The van der Waals surface area contributed by atoms with E-state index >= 15 is 0 Å². The predicted octanol–water partition coefficient (Wildman–Crippen LogP) is 5.04. The number of benzene rings is 2. The minimum Gasteiger partial charge on any atom is -0.325 e. The van der Waals surface area contributed by atoms with Gasteiger partial charge in [-0.25, -0.2) is 4.39 Å². The third-order valence-corrected chi connectivity index (χ3v) is 4.11. The second-order valence-corrected chi connectivity index (χ2v) is 6.87. The van der Waals surface area contributed by atoms with Crippen LogP contribution < -0.4 is 10.6 Å². The van der Waals surface area contributed by atoms with E-state index in [1.807, 2.05) is 18.2 Å². The highest BCUT2D eigenvalue weighted by atomic mass is 19.1. The fraction of sp³-hybridized carbons (Fsp3) is 0.333. The Bertz CT molecular complexity index is 774. The average molecular weight is 356 g/mol. The molecule has 26 heavy (non-hydrogen) atoms. The molecular formula is C21H25FN2O2. The zero-order valence-electron chi connectivity index (χ0n) is 15.6. The van der Waals surface area contributed by atoms with E-state index in [0.29, 0.717) is 0 Å². The quantitative estimate of drug-likeness (QED) is 0.712. The van der Waals surface area contributed by atoms with Gasteiger partial charge in [-0.1, -0.05) is 58.0 Å². The lowest BCUT2D eigenvalue weighted by Crippen LogP contribution is -2.23. The van der Waals surface area contributed by atoms with Crippen molar-refractivity contribution in [1.82, 2.24) is 0 Å². The van der Waals surface area contributed by atoms with Crippen molar-refractivity contribution in [2.45, 2.75) is 46.0 Å². The van der Waals surface area contributed by atoms with Gasteiger partial charge in [-0.15, -0.1) is 0 Å². The Balaban J connectivity index is 2.12. The monoisotopic (exact) mass is 356 g/mol. The molecule has 0 bridgehead atoms. The van der Waals surface area contributed by atoms with Gasteiger partial charge in [0.15, 0.2) is 0 Å². The van der Waals surface area contributed by atoms with Gasteiger partial charge in [-0.2, -0.15) is 0 Å². The Morgan fingerprint density at radius 3 is 1.92 bits per heavy atom. The van der Waals surface area contributed by atoms with E-state index in [4.69, 9.17) is 0 Å². The number of para-hydroxylation sites is 2. The summed E-state index contributed by atoms with van der Waals surface area (Å²) < 4.78 is 13.6. The average Bonchev–Trinajstić information content (AvgIpc) is 2.56. The van der Waals surface area contributed by atoms with Crippen LogP contribution in [-0.2, 0) is 9.59 Å². The number of halogens is 1. The second-order valence-electron chi connectivity index (χ2n) is 6.87. The highest BCUT2D eigenvalue weighted by molar-refractivity contribution is 6.08. The van der Waals surface area contributed by atoms with Crippen molar-refractivity contribution in [3.63, 3.8) is 0 Å². The number of rotatable bonds is 6. The molecule has 0 aromatic heterocycles. The second kappa shape index (κ2) is 8.61. The van der Waals surface area contributed by atoms with Crippen LogP contribution in [0.1, 0.15) is 57.1 Å². The lowest BCUT2D eigenvalue weighted by molar-refractivity contribution is -0.123. The van der Waals surface area contributed by atoms with Gasteiger partial charge in [0.05, 0.1) is 5.69 Å². The third kappa shape index (κ3) is 4.91. The number of nitrogens with one attached hydrogen (secondary N) is 2. The number of carbonyl (C=O) groups is 2. The molecule has 2 rings (SSSR count). The molecule has 2 amide bonds. The molecule has 0 aliphatic rings. The molecule has 0 saturated carbocycles. The number of hydrogen-bond acceptors (Lipinski definition) is 2. The first-order valence-electron chi connectivity index (χ1n) is 8.76. The molecule has 138 valence electrons. The molecule has 0 atom stereocenters. The summed E-state index contributed by atoms with van der Waals surface area (Å²) in [5, 5.41) is 5.31. The van der Waals surface area contributed by atoms with Gasteiger partial charge >= 0.3 is 0 Å². The Morgan fingerprint density at radius 1 is 0.846 bits per heavy atom. The maximum absolute atomic E-state index is 13.6. The lowest BCUT2D eigenvalue weighted by atomic mass is 9.92. The molecule has 0 heterocycles. The largest absolute Gasteiger partial charge is 0.325 e. The molecule has 0 unspecified atom stereocenters. The molecule has 2 aromatic rings. The highest BCUT2D eigenvalue weighted by Gasteiger charge is 2.18. The lowest BCUT2D eigenvalue weighted by Gasteiger charge is -2.20. The standard InChI is InChI=1S/C21H25FN2O2/c1-13(2)15-8-7-9-16(14(3)4)21(15)24-20(26)12-19(25)23-18-11-6-5-10-17(18)22/h5-11,13-14H,12H2,1-4H3,(H,23,25)(H,24,26). The van der Waals surface area contributed by atoms with E-state index in [0.717, 1.165) is 16.8 Å². The van der Waals surface area contributed by atoms with E-state index in [2.05, 4.69) is 38.3 Å². The topological polar surface area (TPSA) is 58.2 Å². The van der Waals surface area contributed by atoms with Crippen molar-refractivity contribution in [1.29, 1.82) is 0 Å². The maximum Gasteiger partial charge on any atom is 0.233 e. The minimum absolute atomic E-state index is 0.0655. The fourth-order valence-corrected chi connectivity index (χ4v) is 2.78. The fourth-order valence-electron chi connectivity index (χ4n) is 2.78. The van der Waals surface area contributed by atoms with Gasteiger partial charge in [0.25, 0.3) is 0 Å². The predicted molar refractivity (Wildman–Crippen MR) is 103 cm³/mol. The van der Waals surface area contributed by atoms with E-state index in [-0.39, 0.29) is 23.9 Å². The molecule has 0 saturated heterocycles. The van der Waals surface area contributed by atoms with Crippen LogP contribution in [0.15, 0.2) is 42.5 Å². The summed E-state index contributed by atoms with van der Waals surface area (Å²) in [6, 6.07) is 11.8. The molecule has 2 aromatic carbocycles. The van der Waals surface area contributed by atoms with Gasteiger partial charge in [0.2, 0.25) is 11.8 Å². The van der Waals surface area contributed by atoms with Crippen molar-refractivity contribution < 1.29 is 14.0 Å². The molecule has 0 radical (unpaired) electrons. The summed E-state index contributed by atoms with van der Waals surface area (Å²) in [7, 11) is 0. The molecular weight excluding hydrogens is 331 g/mol. The number of carbonyl (C=O) groups excluding carboxylic acids is 2. The number of hydrogen-bond donors (Lipinski definition) is 2. The normalized spacial score (nSPS) is 10.9. The zero-order chi connectivity index (χ0) is 19.3. The summed E-state index contributed by atoms with van der Waals surface area (Å²) in [6.45, 7) is 8.22. The Kier molecular flexibility index (Phi) is 6.50. The first kappa shape index (κ1) is 19.6. The summed E-state index contributed by atoms with van der Waals surface area (Å²) in [4.78, 5) is 24.4. The SMILES string of the molecule is CC(C)c1cccc(C(C)C)c1NC(=O)CC(=O)Nc1ccccc1F. The van der Waals surface area contributed by atoms with E-state index in [9.17, 15) is 14.0 Å². The van der Waals surface area contributed by atoms with Crippen LogP contribution in [0.25, 0.3) is 0 Å². The summed E-state index contributed by atoms with van der Waals surface area (Å²) >= 11 is 0. The molecule has 0 spiro atoms. The van der Waals surface area contributed by atoms with Crippen LogP contribution in [0.5, 0.6) is 0 Å². The van der Waals surface area contributed by atoms with Gasteiger partial charge in [0.1, 0.15) is 12.2 Å². The first-order valence-corrected chi connectivity index (χ1v) is 8.76. The Hall–Kier alpha value is -2.69. The van der Waals surface area contributed by atoms with Gasteiger partial charge in [-0.05, 0) is 35.1 Å². The van der Waals surface area contributed by atoms with Crippen molar-refractivity contribution in [2.24, 2.45) is 0 Å². The van der Waals surface area contributed by atoms with Crippen LogP contribution in [0.2, 0.25) is 0 Å². The number of amides is 2. The van der Waals surface area contributed by atoms with Gasteiger partial charge in [-0.3, -0.25) is 9.59 Å². The third-order valence-electron chi connectivity index (χ3n) is 4.11. The number of anilines is 2. The molecule has 0 aliphatic carbocycles. The van der Waals surface area contributed by atoms with E-state index in [1.54, 1.807) is 6.07 Å². The van der Waals surface area contributed by atoms with Crippen LogP contribution in [0.3, 0.4) is 0 Å². The molecule has 5 heteroatoms. The van der Waals surface area contributed by atoms with E-state index in [1.165, 1.54) is 18.2 Å². The van der Waals surface area contributed by atoms with Crippen LogP contribution >= 0.6 is 0 Å². The molecule has 4 nitrogen and oxygen atoms in total. The van der Waals surface area contributed by atoms with Gasteiger partial charge in [0, 0.05) is 5.69 Å². The maximum atomic E-state index is 13.6. The summed E-state index contributed by atoms with van der Waals surface area (Å²) in [5.74, 6) is -1.05. The Morgan fingerprint density at radius 2 is 1.38 bits per heavy atom. The minimum atomic E-state index is -0.555. The van der Waals surface area contributed by atoms with E-state index < -0.39 is 17.6 Å². The molecule has 0 fully saturated rings. The highest BCUT2D eigenvalue weighted by Crippen LogP contribution is 2.32. The Labute approximate surface area is 153 Å². The smallest absolute Gasteiger partial charge is 0.233 e. The van der Waals surface area contributed by atoms with Gasteiger partial charge < -0.3 is 10.6 Å². The molecule has 2 N–H and O–H groups in total. The summed E-state index contributed by atoms with van der Waals surface area (Å²) in [6.07, 6.45) is -0.377.